The third-order valence-electron chi connectivity index (χ3n) is 3.02. The highest BCUT2D eigenvalue weighted by molar-refractivity contribution is 5.76. The fourth-order valence-electron chi connectivity index (χ4n) is 1.97. The number of piperidine rings is 1. The number of aliphatic carboxylic acids is 1. The SMILES string of the molecule is CCOC(=O)C1CCN(C(=O)NCCC(=O)O)CC1. The number of hydrogen-bond donors (Lipinski definition) is 2. The second kappa shape index (κ2) is 7.60. The van der Waals surface area contributed by atoms with Gasteiger partial charge >= 0.3 is 18.0 Å². The van der Waals surface area contributed by atoms with Gasteiger partial charge in [0.1, 0.15) is 0 Å². The van der Waals surface area contributed by atoms with E-state index in [1.807, 2.05) is 0 Å². The number of nitrogens with zero attached hydrogens (tertiary/aromatic N) is 1. The Balaban J connectivity index is 2.27. The van der Waals surface area contributed by atoms with Gasteiger partial charge in [-0.25, -0.2) is 4.79 Å². The molecule has 1 saturated heterocycles. The number of rotatable bonds is 5. The van der Waals surface area contributed by atoms with E-state index in [2.05, 4.69) is 5.32 Å². The predicted molar refractivity (Wildman–Crippen MR) is 66.6 cm³/mol. The molecule has 1 rings (SSSR count). The molecule has 0 saturated carbocycles. The fraction of sp³-hybridized carbons (Fsp3) is 0.750. The predicted octanol–water partition coefficient (Wildman–Crippen LogP) is 0.446. The zero-order valence-corrected chi connectivity index (χ0v) is 11.1. The lowest BCUT2D eigenvalue weighted by molar-refractivity contribution is -0.149. The average Bonchev–Trinajstić information content (AvgIpc) is 2.38. The maximum atomic E-state index is 11.7. The number of hydrogen-bond acceptors (Lipinski definition) is 4. The number of carboxylic acids is 1. The molecule has 2 N–H and O–H groups in total. The summed E-state index contributed by atoms with van der Waals surface area (Å²) in [6.07, 6.45) is 1.08. The maximum absolute atomic E-state index is 11.7. The Hall–Kier alpha value is -1.79. The number of likely N-dealkylation sites (tertiary alicyclic amines) is 1. The van der Waals surface area contributed by atoms with Gasteiger partial charge in [0.05, 0.1) is 18.9 Å². The van der Waals surface area contributed by atoms with Crippen LogP contribution in [0, 0.1) is 5.92 Å². The molecule has 1 aliphatic rings. The van der Waals surface area contributed by atoms with Crippen LogP contribution < -0.4 is 5.32 Å². The van der Waals surface area contributed by atoms with E-state index in [1.165, 1.54) is 0 Å². The quantitative estimate of drug-likeness (QED) is 0.708. The first-order valence-electron chi connectivity index (χ1n) is 6.45. The van der Waals surface area contributed by atoms with Crippen LogP contribution >= 0.6 is 0 Å². The van der Waals surface area contributed by atoms with Crippen LogP contribution in [0.25, 0.3) is 0 Å². The molecule has 7 heteroatoms. The minimum atomic E-state index is -0.943. The Kier molecular flexibility index (Phi) is 6.11. The summed E-state index contributed by atoms with van der Waals surface area (Å²) in [5, 5.41) is 11.0. The van der Waals surface area contributed by atoms with Crippen molar-refractivity contribution in [2.75, 3.05) is 26.2 Å². The Morgan fingerprint density at radius 3 is 2.47 bits per heavy atom. The van der Waals surface area contributed by atoms with E-state index < -0.39 is 5.97 Å². The summed E-state index contributed by atoms with van der Waals surface area (Å²) < 4.78 is 4.95. The number of amides is 2. The first-order valence-corrected chi connectivity index (χ1v) is 6.45. The Morgan fingerprint density at radius 1 is 1.32 bits per heavy atom. The maximum Gasteiger partial charge on any atom is 0.317 e. The van der Waals surface area contributed by atoms with Crippen LogP contribution in [0.3, 0.4) is 0 Å². The minimum absolute atomic E-state index is 0.0922. The monoisotopic (exact) mass is 272 g/mol. The molecule has 0 aromatic carbocycles. The van der Waals surface area contributed by atoms with Gasteiger partial charge in [-0.1, -0.05) is 0 Å². The third-order valence-corrected chi connectivity index (χ3v) is 3.02. The van der Waals surface area contributed by atoms with Gasteiger partial charge in [-0.05, 0) is 19.8 Å². The summed E-state index contributed by atoms with van der Waals surface area (Å²) in [5.74, 6) is -1.28. The zero-order valence-electron chi connectivity index (χ0n) is 11.1. The van der Waals surface area contributed by atoms with Crippen molar-refractivity contribution in [3.05, 3.63) is 0 Å². The lowest BCUT2D eigenvalue weighted by atomic mass is 9.97. The Bertz CT molecular complexity index is 337. The van der Waals surface area contributed by atoms with Gasteiger partial charge in [-0.2, -0.15) is 0 Å². The van der Waals surface area contributed by atoms with Crippen LogP contribution in [0.2, 0.25) is 0 Å². The first kappa shape index (κ1) is 15.3. The molecule has 0 bridgehead atoms. The average molecular weight is 272 g/mol. The van der Waals surface area contributed by atoms with Gasteiger partial charge in [0.25, 0.3) is 0 Å². The van der Waals surface area contributed by atoms with Gasteiger partial charge in [0.15, 0.2) is 0 Å². The van der Waals surface area contributed by atoms with E-state index in [9.17, 15) is 14.4 Å². The van der Waals surface area contributed by atoms with Crippen LogP contribution in [-0.2, 0) is 14.3 Å². The first-order chi connectivity index (χ1) is 9.04. The van der Waals surface area contributed by atoms with Crippen LogP contribution in [0.1, 0.15) is 26.2 Å². The Labute approximate surface area is 111 Å². The van der Waals surface area contributed by atoms with E-state index in [-0.39, 0.29) is 30.9 Å². The molecule has 1 aliphatic heterocycles. The highest BCUT2D eigenvalue weighted by Gasteiger charge is 2.27. The lowest BCUT2D eigenvalue weighted by Gasteiger charge is -2.30. The summed E-state index contributed by atoms with van der Waals surface area (Å²) in [4.78, 5) is 35.1. The molecule has 0 aromatic rings. The highest BCUT2D eigenvalue weighted by Crippen LogP contribution is 2.18. The van der Waals surface area contributed by atoms with Gasteiger partial charge in [-0.15, -0.1) is 0 Å². The highest BCUT2D eigenvalue weighted by atomic mass is 16.5. The van der Waals surface area contributed by atoms with Crippen molar-refractivity contribution in [3.63, 3.8) is 0 Å². The van der Waals surface area contributed by atoms with Crippen LogP contribution in [0.4, 0.5) is 4.79 Å². The van der Waals surface area contributed by atoms with Crippen molar-refractivity contribution >= 4 is 18.0 Å². The molecule has 2 amide bonds. The fourth-order valence-corrected chi connectivity index (χ4v) is 1.97. The molecule has 0 spiro atoms. The molecular formula is C12H20N2O5. The summed E-state index contributed by atoms with van der Waals surface area (Å²) in [5.41, 5.74) is 0. The normalized spacial score (nSPS) is 15.9. The molecule has 0 radical (unpaired) electrons. The second-order valence-corrected chi connectivity index (χ2v) is 4.39. The minimum Gasteiger partial charge on any atom is -0.481 e. The molecule has 108 valence electrons. The molecule has 0 aromatic heterocycles. The van der Waals surface area contributed by atoms with Gasteiger partial charge in [0, 0.05) is 19.6 Å². The summed E-state index contributed by atoms with van der Waals surface area (Å²) in [7, 11) is 0. The van der Waals surface area contributed by atoms with Crippen molar-refractivity contribution in [1.29, 1.82) is 0 Å². The van der Waals surface area contributed by atoms with Crippen LogP contribution in [0.5, 0.6) is 0 Å². The number of carbonyl (C=O) groups excluding carboxylic acids is 2. The molecule has 7 nitrogen and oxygen atoms in total. The van der Waals surface area contributed by atoms with Crippen LogP contribution in [-0.4, -0.2) is 54.2 Å². The largest absolute Gasteiger partial charge is 0.481 e. The molecule has 0 aliphatic carbocycles. The topological polar surface area (TPSA) is 95.9 Å². The molecule has 0 unspecified atom stereocenters. The molecule has 1 heterocycles. The van der Waals surface area contributed by atoms with Crippen molar-refractivity contribution < 1.29 is 24.2 Å². The van der Waals surface area contributed by atoms with E-state index in [4.69, 9.17) is 9.84 Å². The van der Waals surface area contributed by atoms with E-state index >= 15 is 0 Å². The summed E-state index contributed by atoms with van der Waals surface area (Å²) >= 11 is 0. The summed E-state index contributed by atoms with van der Waals surface area (Å²) in [6, 6.07) is -0.274. The number of nitrogens with one attached hydrogen (secondary N) is 1. The number of ether oxygens (including phenoxy) is 1. The van der Waals surface area contributed by atoms with E-state index in [0.717, 1.165) is 0 Å². The van der Waals surface area contributed by atoms with Crippen LogP contribution in [0.15, 0.2) is 0 Å². The van der Waals surface area contributed by atoms with E-state index in [0.29, 0.717) is 32.5 Å². The smallest absolute Gasteiger partial charge is 0.317 e. The van der Waals surface area contributed by atoms with Crippen molar-refractivity contribution in [2.24, 2.45) is 5.92 Å². The van der Waals surface area contributed by atoms with Gasteiger partial charge < -0.3 is 20.1 Å². The van der Waals surface area contributed by atoms with Gasteiger partial charge in [0.2, 0.25) is 0 Å². The van der Waals surface area contributed by atoms with Crippen molar-refractivity contribution in [2.45, 2.75) is 26.2 Å². The lowest BCUT2D eigenvalue weighted by Crippen LogP contribution is -2.46. The number of esters is 1. The third kappa shape index (κ3) is 5.15. The van der Waals surface area contributed by atoms with Crippen molar-refractivity contribution in [3.8, 4) is 0 Å². The van der Waals surface area contributed by atoms with Crippen molar-refractivity contribution in [1.82, 2.24) is 10.2 Å². The van der Waals surface area contributed by atoms with E-state index in [1.54, 1.807) is 11.8 Å². The molecule has 1 fully saturated rings. The standard InChI is InChI=1S/C12H20N2O5/c1-2-19-11(17)9-4-7-14(8-5-9)12(18)13-6-3-10(15)16/h9H,2-8H2,1H3,(H,13,18)(H,15,16). The zero-order chi connectivity index (χ0) is 14.3. The number of carbonyl (C=O) groups is 3. The number of urea groups is 1. The molecular weight excluding hydrogens is 252 g/mol. The Morgan fingerprint density at radius 2 is 1.95 bits per heavy atom. The number of carboxylic acid groups (broad SMARTS) is 1. The molecule has 19 heavy (non-hydrogen) atoms. The second-order valence-electron chi connectivity index (χ2n) is 4.39. The summed E-state index contributed by atoms with van der Waals surface area (Å²) in [6.45, 7) is 3.23. The van der Waals surface area contributed by atoms with Gasteiger partial charge in [-0.3, -0.25) is 9.59 Å². The molecule has 0 atom stereocenters.